The molecule has 69 heavy (non-hydrogen) atoms. The van der Waals surface area contributed by atoms with Crippen LogP contribution in [0, 0.1) is 0 Å². The van der Waals surface area contributed by atoms with Crippen LogP contribution in [0.3, 0.4) is 0 Å². The first-order valence-electron chi connectivity index (χ1n) is 19.4. The second-order valence-corrected chi connectivity index (χ2v) is 21.2. The fourth-order valence-electron chi connectivity index (χ4n) is 6.21. The van der Waals surface area contributed by atoms with Crippen molar-refractivity contribution in [2.45, 2.75) is 6.92 Å². The van der Waals surface area contributed by atoms with E-state index in [4.69, 9.17) is 20.3 Å². The second-order valence-electron chi connectivity index (χ2n) is 13.7. The molecular formula is C41H26Br4N14O6S4. The van der Waals surface area contributed by atoms with Crippen LogP contribution < -0.4 is 15.8 Å². The summed E-state index contributed by atoms with van der Waals surface area (Å²) in [5.41, 5.74) is 10.3. The van der Waals surface area contributed by atoms with E-state index in [1.165, 1.54) is 51.5 Å². The van der Waals surface area contributed by atoms with E-state index in [9.17, 15) is 14.4 Å². The molecule has 20 nitrogen and oxygen atoms in total. The Morgan fingerprint density at radius 1 is 0.638 bits per heavy atom. The topological polar surface area (TPSA) is 257 Å². The minimum absolute atomic E-state index is 0.0492. The van der Waals surface area contributed by atoms with Crippen LogP contribution in [0.15, 0.2) is 104 Å². The molecule has 0 atom stereocenters. The normalized spacial score (nSPS) is 11.1. The monoisotopic (exact) mass is 1250 g/mol. The lowest BCUT2D eigenvalue weighted by molar-refractivity contribution is 0.0519. The zero-order valence-electron chi connectivity index (χ0n) is 34.9. The molecule has 28 heteroatoms. The van der Waals surface area contributed by atoms with Gasteiger partial charge < -0.3 is 25.6 Å². The Labute approximate surface area is 435 Å². The fourth-order valence-corrected chi connectivity index (χ4v) is 10.9. The predicted molar refractivity (Wildman–Crippen MR) is 279 cm³/mol. The molecule has 0 bridgehead atoms. The molecule has 0 radical (unpaired) electrons. The highest BCUT2D eigenvalue weighted by atomic mass is 79.9. The van der Waals surface area contributed by atoms with Gasteiger partial charge in [-0.25, -0.2) is 49.5 Å². The highest BCUT2D eigenvalue weighted by Gasteiger charge is 2.18. The molecule has 12 aromatic rings. The minimum Gasteiger partial charge on any atom is -0.495 e. The second kappa shape index (κ2) is 20.4. The summed E-state index contributed by atoms with van der Waals surface area (Å²) in [7, 11) is 1.55. The van der Waals surface area contributed by atoms with Crippen LogP contribution in [0.5, 0.6) is 5.75 Å². The number of rotatable bonds is 6. The number of hydrogen-bond acceptors (Lipinski definition) is 19. The van der Waals surface area contributed by atoms with Crippen molar-refractivity contribution < 1.29 is 29.0 Å². The van der Waals surface area contributed by atoms with Gasteiger partial charge in [0.25, 0.3) is 5.91 Å². The van der Waals surface area contributed by atoms with Crippen LogP contribution in [0.1, 0.15) is 38.4 Å². The molecule has 0 saturated carbocycles. The summed E-state index contributed by atoms with van der Waals surface area (Å²) in [6, 6.07) is 9.37. The van der Waals surface area contributed by atoms with Crippen molar-refractivity contribution in [3.05, 3.63) is 121 Å². The molecule has 0 aromatic carbocycles. The number of imidazole rings is 3. The van der Waals surface area contributed by atoms with E-state index in [1.54, 1.807) is 74.1 Å². The van der Waals surface area contributed by atoms with Gasteiger partial charge in [-0.05, 0) is 94.9 Å². The van der Waals surface area contributed by atoms with Crippen LogP contribution >= 0.6 is 109 Å². The molecule has 12 rings (SSSR count). The fraction of sp³-hybridized carbons (Fsp3) is 0.0732. The van der Waals surface area contributed by atoms with Crippen LogP contribution in [0.25, 0.3) is 56.3 Å². The number of amides is 1. The lowest BCUT2D eigenvalue weighted by Gasteiger charge is -2.04. The van der Waals surface area contributed by atoms with E-state index < -0.39 is 11.9 Å². The van der Waals surface area contributed by atoms with Crippen LogP contribution in [0.2, 0.25) is 0 Å². The number of carboxylic acids is 1. The van der Waals surface area contributed by atoms with E-state index in [0.29, 0.717) is 44.5 Å². The van der Waals surface area contributed by atoms with Gasteiger partial charge in [-0.1, -0.05) is 45.3 Å². The molecule has 0 saturated heterocycles. The molecule has 0 aliphatic rings. The van der Waals surface area contributed by atoms with Gasteiger partial charge in [-0.2, -0.15) is 0 Å². The van der Waals surface area contributed by atoms with Crippen LogP contribution in [-0.4, -0.2) is 94.7 Å². The first-order valence-corrected chi connectivity index (χ1v) is 25.8. The number of fused-ring (bicyclic) bond motifs is 10. The predicted octanol–water partition coefficient (Wildman–Crippen LogP) is 10.7. The number of thiazole rings is 4. The summed E-state index contributed by atoms with van der Waals surface area (Å²) in [6.45, 7) is 2.12. The minimum atomic E-state index is -1.02. The zero-order valence-corrected chi connectivity index (χ0v) is 44.5. The third-order valence-corrected chi connectivity index (χ3v) is 14.6. The van der Waals surface area contributed by atoms with E-state index in [2.05, 4.69) is 114 Å². The van der Waals surface area contributed by atoms with E-state index >= 15 is 0 Å². The lowest BCUT2D eigenvalue weighted by atomic mass is 10.3. The highest BCUT2D eigenvalue weighted by molar-refractivity contribution is 9.11. The SMILES string of the molecule is CCOC(=O)c1cn2c(n1)sc1ncc(Br)cc12.COc1cncc(NC(=O)c2cn3c(n2)sc2ncc(Br)cc23)c1.Nc1nc2cc(Br)cnc2s1.O=C(O)c1cn2c(n1)sc1ncc(Br)cc12. The van der Waals surface area contributed by atoms with Crippen molar-refractivity contribution in [2.24, 2.45) is 0 Å². The number of aromatic nitrogens is 12. The van der Waals surface area contributed by atoms with Crippen molar-refractivity contribution in [1.29, 1.82) is 0 Å². The maximum Gasteiger partial charge on any atom is 0.358 e. The molecule has 0 unspecified atom stereocenters. The number of nitrogen functional groups attached to an aromatic ring is 1. The number of anilines is 2. The Morgan fingerprint density at radius 3 is 1.64 bits per heavy atom. The quantitative estimate of drug-likeness (QED) is 0.131. The van der Waals surface area contributed by atoms with Gasteiger partial charge in [0, 0.05) is 67.3 Å². The number of carboxylic acid groups (broad SMARTS) is 1. The van der Waals surface area contributed by atoms with Crippen LogP contribution in [0.4, 0.5) is 10.8 Å². The van der Waals surface area contributed by atoms with Gasteiger partial charge in [-0.15, -0.1) is 0 Å². The first kappa shape index (κ1) is 47.9. The maximum atomic E-state index is 12.4. The van der Waals surface area contributed by atoms with Gasteiger partial charge in [-0.3, -0.25) is 23.0 Å². The van der Waals surface area contributed by atoms with E-state index in [1.807, 2.05) is 33.1 Å². The molecule has 0 spiro atoms. The number of aromatic carboxylic acids is 1. The summed E-state index contributed by atoms with van der Waals surface area (Å²) in [4.78, 5) is 78.0. The Bertz CT molecular complexity index is 3920. The summed E-state index contributed by atoms with van der Waals surface area (Å²) in [5.74, 6) is -1.16. The summed E-state index contributed by atoms with van der Waals surface area (Å²) >= 11 is 19.0. The molecule has 0 fully saturated rings. The highest BCUT2D eigenvalue weighted by Crippen LogP contribution is 2.30. The standard InChI is InChI=1S/C15H10BrN5O2S.C11H8BrN3O2S.C9H4BrN3O2S.C6H4BrN3S/c1-23-10-3-9(5-17-6-10)19-13(22)11-7-21-12-2-8(16)4-18-14(12)24-15(21)20-11;1-2-17-10(16)7-5-15-8-3-6(12)4-13-9(8)18-11(15)14-7;10-4-1-6-7(11-2-4)16-9-12-5(8(14)15)3-13(6)9;7-3-1-4-5(9-2-3)11-6(8)10-4/h2-7H,1H3,(H,19,22);3-5H,2H2,1H3;1-3H,(H,14,15);1-2H,(H2,8,10). The average Bonchev–Trinajstić information content (AvgIpc) is 4.20. The van der Waals surface area contributed by atoms with Crippen LogP contribution in [-0.2, 0) is 4.74 Å². The number of esters is 1. The third kappa shape index (κ3) is 10.6. The number of ether oxygens (including phenoxy) is 2. The number of carbonyl (C=O) groups is 3. The number of nitrogens with one attached hydrogen (secondary N) is 1. The third-order valence-electron chi connectivity index (χ3n) is 9.13. The number of hydrogen-bond donors (Lipinski definition) is 3. The molecule has 0 aliphatic carbocycles. The molecule has 0 aliphatic heterocycles. The van der Waals surface area contributed by atoms with Crippen molar-refractivity contribution in [3.63, 3.8) is 0 Å². The van der Waals surface area contributed by atoms with Gasteiger partial charge in [0.1, 0.15) is 36.3 Å². The summed E-state index contributed by atoms with van der Waals surface area (Å²) < 4.78 is 19.0. The number of pyridine rings is 5. The Morgan fingerprint density at radius 2 is 1.12 bits per heavy atom. The van der Waals surface area contributed by atoms with Gasteiger partial charge in [0.05, 0.1) is 48.3 Å². The molecule has 1 amide bonds. The zero-order chi connectivity index (χ0) is 48.5. The first-order chi connectivity index (χ1) is 33.2. The van der Waals surface area contributed by atoms with Gasteiger partial charge >= 0.3 is 11.9 Å². The average molecular weight is 1260 g/mol. The largest absolute Gasteiger partial charge is 0.495 e. The summed E-state index contributed by atoms with van der Waals surface area (Å²) in [6.07, 6.45) is 14.9. The van der Waals surface area contributed by atoms with Crippen molar-refractivity contribution in [1.82, 2.24) is 58.1 Å². The Balaban J connectivity index is 0.000000118. The molecule has 348 valence electrons. The smallest absolute Gasteiger partial charge is 0.358 e. The van der Waals surface area contributed by atoms with Crippen molar-refractivity contribution in [2.75, 3.05) is 24.8 Å². The number of nitrogens with two attached hydrogens (primary N) is 1. The number of methoxy groups -OCH3 is 1. The maximum absolute atomic E-state index is 12.4. The molecular weight excluding hydrogens is 1230 g/mol. The molecule has 12 aromatic heterocycles. The van der Waals surface area contributed by atoms with Gasteiger partial charge in [0.15, 0.2) is 31.4 Å². The number of carbonyl (C=O) groups excluding carboxylic acids is 2. The van der Waals surface area contributed by atoms with E-state index in [-0.39, 0.29) is 11.6 Å². The molecule has 4 N–H and O–H groups in total. The summed E-state index contributed by atoms with van der Waals surface area (Å²) in [5, 5.41) is 12.2. The Kier molecular flexibility index (Phi) is 14.2. The number of nitrogens with zero attached hydrogens (tertiary/aromatic N) is 12. The number of halogens is 4. The Hall–Kier alpha value is -6.14. The molecule has 12 heterocycles. The van der Waals surface area contributed by atoms with Crippen molar-refractivity contribution >= 4 is 194 Å². The van der Waals surface area contributed by atoms with E-state index in [0.717, 1.165) is 64.2 Å². The van der Waals surface area contributed by atoms with Gasteiger partial charge in [0.2, 0.25) is 0 Å². The lowest BCUT2D eigenvalue weighted by Crippen LogP contribution is -2.12. The van der Waals surface area contributed by atoms with Crippen molar-refractivity contribution in [3.8, 4) is 5.75 Å².